The quantitative estimate of drug-likeness (QED) is 0.457. The second-order valence-electron chi connectivity index (χ2n) is 3.32. The molecule has 84 valence electrons. The van der Waals surface area contributed by atoms with Crippen molar-refractivity contribution in [3.05, 3.63) is 23.9 Å². The Kier molecular flexibility index (Phi) is 5.03. The van der Waals surface area contributed by atoms with Crippen molar-refractivity contribution in [2.24, 2.45) is 5.84 Å². The zero-order valence-electron chi connectivity index (χ0n) is 8.94. The van der Waals surface area contributed by atoms with Crippen molar-refractivity contribution in [1.82, 2.24) is 10.4 Å². The summed E-state index contributed by atoms with van der Waals surface area (Å²) in [6.07, 6.45) is 2.47. The number of hydrazine groups is 1. The monoisotopic (exact) mass is 210 g/mol. The van der Waals surface area contributed by atoms with Crippen LogP contribution in [0.1, 0.15) is 12.5 Å². The minimum atomic E-state index is 0.103. The van der Waals surface area contributed by atoms with Crippen molar-refractivity contribution in [1.29, 1.82) is 0 Å². The second kappa shape index (κ2) is 6.34. The summed E-state index contributed by atoms with van der Waals surface area (Å²) < 4.78 is 5.30. The molecule has 15 heavy (non-hydrogen) atoms. The van der Waals surface area contributed by atoms with Crippen LogP contribution in [0.15, 0.2) is 18.3 Å². The number of ether oxygens (including phenoxy) is 1. The average molecular weight is 210 g/mol. The first-order valence-corrected chi connectivity index (χ1v) is 5.00. The van der Waals surface area contributed by atoms with Gasteiger partial charge in [0.25, 0.3) is 0 Å². The zero-order chi connectivity index (χ0) is 11.1. The number of aromatic nitrogens is 1. The highest BCUT2D eigenvalue weighted by Gasteiger charge is 2.07. The van der Waals surface area contributed by atoms with Gasteiger partial charge in [0, 0.05) is 18.8 Å². The van der Waals surface area contributed by atoms with Crippen LogP contribution in [0, 0.1) is 0 Å². The molecule has 1 aromatic heterocycles. The van der Waals surface area contributed by atoms with E-state index in [1.807, 2.05) is 19.1 Å². The van der Waals surface area contributed by atoms with Gasteiger partial charge in [0.05, 0.1) is 6.61 Å². The fourth-order valence-corrected chi connectivity index (χ4v) is 1.33. The van der Waals surface area contributed by atoms with Crippen molar-refractivity contribution in [3.63, 3.8) is 0 Å². The summed E-state index contributed by atoms with van der Waals surface area (Å²) in [7, 11) is 0. The van der Waals surface area contributed by atoms with E-state index in [4.69, 9.17) is 16.3 Å². The van der Waals surface area contributed by atoms with E-state index in [9.17, 15) is 0 Å². The molecule has 1 unspecified atom stereocenters. The highest BCUT2D eigenvalue weighted by molar-refractivity contribution is 5.32. The summed E-state index contributed by atoms with van der Waals surface area (Å²) in [4.78, 5) is 3.93. The maximum atomic E-state index is 5.58. The van der Waals surface area contributed by atoms with Crippen LogP contribution in [0.2, 0.25) is 0 Å². The number of pyridine rings is 1. The predicted octanol–water partition coefficient (Wildman–Crippen LogP) is 0.0747. The summed E-state index contributed by atoms with van der Waals surface area (Å²) in [5.74, 6) is 5.95. The molecule has 0 radical (unpaired) electrons. The van der Waals surface area contributed by atoms with Crippen LogP contribution in [0.3, 0.4) is 0 Å². The standard InChI is InChI=1S/C10H18N4O/c1-2-15-7-9(14-12)5-8-3-4-13-10(11)6-8/h3-4,6,9,14H,2,5,7,12H2,1H3,(H2,11,13). The molecule has 0 amide bonds. The molecule has 0 spiro atoms. The molecule has 5 nitrogen and oxygen atoms in total. The van der Waals surface area contributed by atoms with Gasteiger partial charge in [-0.2, -0.15) is 0 Å². The summed E-state index contributed by atoms with van der Waals surface area (Å²) >= 11 is 0. The average Bonchev–Trinajstić information content (AvgIpc) is 2.24. The summed E-state index contributed by atoms with van der Waals surface area (Å²) in [5.41, 5.74) is 9.40. The Bertz CT molecular complexity index is 293. The molecule has 0 aliphatic rings. The van der Waals surface area contributed by atoms with Crippen LogP contribution in [0.5, 0.6) is 0 Å². The molecule has 0 bridgehead atoms. The van der Waals surface area contributed by atoms with Crippen molar-refractivity contribution in [3.8, 4) is 0 Å². The van der Waals surface area contributed by atoms with E-state index in [1.165, 1.54) is 0 Å². The first-order chi connectivity index (χ1) is 7.26. The van der Waals surface area contributed by atoms with E-state index >= 15 is 0 Å². The molecule has 1 rings (SSSR count). The van der Waals surface area contributed by atoms with Crippen LogP contribution in [0.25, 0.3) is 0 Å². The van der Waals surface area contributed by atoms with Crippen LogP contribution in [-0.2, 0) is 11.2 Å². The molecule has 5 N–H and O–H groups in total. The lowest BCUT2D eigenvalue weighted by atomic mass is 10.1. The molecule has 0 aliphatic heterocycles. The number of nitrogens with two attached hydrogens (primary N) is 2. The highest BCUT2D eigenvalue weighted by Crippen LogP contribution is 2.06. The smallest absolute Gasteiger partial charge is 0.123 e. The Labute approximate surface area is 89.8 Å². The number of hydrogen-bond acceptors (Lipinski definition) is 5. The maximum absolute atomic E-state index is 5.58. The molecule has 0 aliphatic carbocycles. The van der Waals surface area contributed by atoms with Gasteiger partial charge in [-0.1, -0.05) is 0 Å². The van der Waals surface area contributed by atoms with Gasteiger partial charge in [0.15, 0.2) is 0 Å². The molecule has 1 heterocycles. The minimum Gasteiger partial charge on any atom is -0.384 e. The Morgan fingerprint density at radius 2 is 2.40 bits per heavy atom. The lowest BCUT2D eigenvalue weighted by molar-refractivity contribution is 0.123. The van der Waals surface area contributed by atoms with Crippen LogP contribution < -0.4 is 17.0 Å². The lowest BCUT2D eigenvalue weighted by Crippen LogP contribution is -2.40. The number of nitrogens with one attached hydrogen (secondary N) is 1. The number of nitrogens with zero attached hydrogens (tertiary/aromatic N) is 1. The number of nitrogen functional groups attached to an aromatic ring is 1. The van der Waals surface area contributed by atoms with Crippen molar-refractivity contribution in [2.45, 2.75) is 19.4 Å². The first kappa shape index (κ1) is 11.9. The van der Waals surface area contributed by atoms with Gasteiger partial charge in [-0.15, -0.1) is 0 Å². The van der Waals surface area contributed by atoms with E-state index in [0.29, 0.717) is 19.0 Å². The van der Waals surface area contributed by atoms with Gasteiger partial charge < -0.3 is 10.5 Å². The molecule has 0 fully saturated rings. The number of hydrogen-bond donors (Lipinski definition) is 3. The molecule has 1 aromatic rings. The van der Waals surface area contributed by atoms with Gasteiger partial charge in [0.2, 0.25) is 0 Å². The maximum Gasteiger partial charge on any atom is 0.123 e. The molecule has 0 saturated heterocycles. The van der Waals surface area contributed by atoms with Gasteiger partial charge in [0.1, 0.15) is 5.82 Å². The first-order valence-electron chi connectivity index (χ1n) is 5.00. The predicted molar refractivity (Wildman–Crippen MR) is 60.0 cm³/mol. The van der Waals surface area contributed by atoms with Gasteiger partial charge >= 0.3 is 0 Å². The van der Waals surface area contributed by atoms with Crippen molar-refractivity contribution in [2.75, 3.05) is 18.9 Å². The largest absolute Gasteiger partial charge is 0.384 e. The minimum absolute atomic E-state index is 0.103. The van der Waals surface area contributed by atoms with Crippen LogP contribution in [0.4, 0.5) is 5.82 Å². The van der Waals surface area contributed by atoms with E-state index in [1.54, 1.807) is 6.20 Å². The topological polar surface area (TPSA) is 86.2 Å². The molecule has 0 saturated carbocycles. The lowest BCUT2D eigenvalue weighted by Gasteiger charge is -2.15. The van der Waals surface area contributed by atoms with Crippen molar-refractivity contribution < 1.29 is 4.74 Å². The third-order valence-electron chi connectivity index (χ3n) is 2.09. The zero-order valence-corrected chi connectivity index (χ0v) is 8.94. The second-order valence-corrected chi connectivity index (χ2v) is 3.32. The molecule has 0 aromatic carbocycles. The summed E-state index contributed by atoms with van der Waals surface area (Å²) in [6.45, 7) is 3.24. The Balaban J connectivity index is 2.50. The fourth-order valence-electron chi connectivity index (χ4n) is 1.33. The van der Waals surface area contributed by atoms with Gasteiger partial charge in [-0.05, 0) is 31.0 Å². The van der Waals surface area contributed by atoms with E-state index in [-0.39, 0.29) is 6.04 Å². The Morgan fingerprint density at radius 1 is 1.60 bits per heavy atom. The summed E-state index contributed by atoms with van der Waals surface area (Å²) in [6, 6.07) is 3.87. The molecular weight excluding hydrogens is 192 g/mol. The Morgan fingerprint density at radius 3 is 3.00 bits per heavy atom. The SMILES string of the molecule is CCOCC(Cc1ccnc(N)c1)NN. The number of rotatable bonds is 6. The van der Waals surface area contributed by atoms with E-state index in [0.717, 1.165) is 12.0 Å². The van der Waals surface area contributed by atoms with Crippen LogP contribution in [-0.4, -0.2) is 24.2 Å². The Hall–Kier alpha value is -1.17. The van der Waals surface area contributed by atoms with Crippen LogP contribution >= 0.6 is 0 Å². The van der Waals surface area contributed by atoms with E-state index in [2.05, 4.69) is 10.4 Å². The molecule has 1 atom stereocenters. The van der Waals surface area contributed by atoms with E-state index < -0.39 is 0 Å². The van der Waals surface area contributed by atoms with Gasteiger partial charge in [-0.25, -0.2) is 4.98 Å². The number of anilines is 1. The fraction of sp³-hybridized carbons (Fsp3) is 0.500. The summed E-state index contributed by atoms with van der Waals surface area (Å²) in [5, 5.41) is 0. The highest BCUT2D eigenvalue weighted by atomic mass is 16.5. The van der Waals surface area contributed by atoms with Gasteiger partial charge in [-0.3, -0.25) is 11.3 Å². The third-order valence-corrected chi connectivity index (χ3v) is 2.09. The van der Waals surface area contributed by atoms with Crippen molar-refractivity contribution >= 4 is 5.82 Å². The molecule has 5 heteroatoms. The normalized spacial score (nSPS) is 12.7. The molecular formula is C10H18N4O. The third kappa shape index (κ3) is 4.24.